The predicted octanol–water partition coefficient (Wildman–Crippen LogP) is 4.41. The van der Waals surface area contributed by atoms with Gasteiger partial charge in [0.25, 0.3) is 0 Å². The third-order valence-electron chi connectivity index (χ3n) is 3.94. The molecule has 0 unspecified atom stereocenters. The molecule has 0 amide bonds. The summed E-state index contributed by atoms with van der Waals surface area (Å²) in [6, 6.07) is 8.80. The van der Waals surface area contributed by atoms with Crippen LogP contribution in [0.15, 0.2) is 59.7 Å². The maximum absolute atomic E-state index is 2.46. The van der Waals surface area contributed by atoms with Gasteiger partial charge >= 0.3 is 0 Å². The Labute approximate surface area is 115 Å². The smallest absolute Gasteiger partial charge is 0.0371 e. The fraction of sp³-hybridized carbons (Fsp3) is 0.333. The highest BCUT2D eigenvalue weighted by molar-refractivity contribution is 5.52. The van der Waals surface area contributed by atoms with Gasteiger partial charge in [-0.25, -0.2) is 0 Å². The van der Waals surface area contributed by atoms with Crippen LogP contribution in [0.1, 0.15) is 24.8 Å². The molecule has 0 bridgehead atoms. The van der Waals surface area contributed by atoms with Gasteiger partial charge in [-0.3, -0.25) is 0 Å². The van der Waals surface area contributed by atoms with Gasteiger partial charge in [0.05, 0.1) is 0 Å². The zero-order valence-electron chi connectivity index (χ0n) is 11.6. The number of aryl methyl sites for hydroxylation is 1. The van der Waals surface area contributed by atoms with Crippen LogP contribution in [-0.2, 0) is 0 Å². The van der Waals surface area contributed by atoms with E-state index < -0.39 is 0 Å². The van der Waals surface area contributed by atoms with Crippen LogP contribution in [-0.4, -0.2) is 13.1 Å². The van der Waals surface area contributed by atoms with Gasteiger partial charge in [0.2, 0.25) is 0 Å². The first-order chi connectivity index (χ1) is 9.33. The van der Waals surface area contributed by atoms with Gasteiger partial charge in [-0.15, -0.1) is 0 Å². The predicted molar refractivity (Wildman–Crippen MR) is 82.5 cm³/mol. The Balaban J connectivity index is 1.73. The molecule has 1 aromatic rings. The van der Waals surface area contributed by atoms with E-state index >= 15 is 0 Å². The highest BCUT2D eigenvalue weighted by Crippen LogP contribution is 2.26. The molecule has 1 heteroatoms. The summed E-state index contributed by atoms with van der Waals surface area (Å²) in [5, 5.41) is 0. The van der Waals surface area contributed by atoms with Crippen LogP contribution in [0.3, 0.4) is 0 Å². The number of nitrogens with zero attached hydrogens (tertiary/aromatic N) is 1. The Hall–Kier alpha value is -1.76. The van der Waals surface area contributed by atoms with Crippen molar-refractivity contribution in [3.8, 4) is 0 Å². The summed E-state index contributed by atoms with van der Waals surface area (Å²) in [5.74, 6) is 0. The number of hydrogen-bond donors (Lipinski definition) is 0. The van der Waals surface area contributed by atoms with Gasteiger partial charge in [0.1, 0.15) is 0 Å². The van der Waals surface area contributed by atoms with Gasteiger partial charge in [-0.2, -0.15) is 0 Å². The zero-order valence-corrected chi connectivity index (χ0v) is 11.6. The minimum Gasteiger partial charge on any atom is -0.367 e. The molecule has 0 N–H and O–H groups in total. The van der Waals surface area contributed by atoms with Crippen molar-refractivity contribution in [3.05, 3.63) is 65.3 Å². The Bertz CT molecular complexity index is 549. The van der Waals surface area contributed by atoms with E-state index in [9.17, 15) is 0 Å². The first-order valence-corrected chi connectivity index (χ1v) is 7.21. The maximum Gasteiger partial charge on any atom is 0.0371 e. The van der Waals surface area contributed by atoms with E-state index in [1.54, 1.807) is 0 Å². The summed E-state index contributed by atoms with van der Waals surface area (Å²) in [7, 11) is 0. The monoisotopic (exact) mass is 251 g/mol. The number of allylic oxidation sites excluding steroid dienone is 4. The molecule has 0 aromatic heterocycles. The van der Waals surface area contributed by atoms with E-state index in [2.05, 4.69) is 60.4 Å². The van der Waals surface area contributed by atoms with Crippen molar-refractivity contribution in [2.75, 3.05) is 18.0 Å². The van der Waals surface area contributed by atoms with Crippen LogP contribution < -0.4 is 4.90 Å². The molecule has 1 heterocycles. The minimum absolute atomic E-state index is 1.03. The van der Waals surface area contributed by atoms with E-state index in [0.717, 1.165) is 19.5 Å². The van der Waals surface area contributed by atoms with Gasteiger partial charge < -0.3 is 4.90 Å². The van der Waals surface area contributed by atoms with Crippen LogP contribution in [0.2, 0.25) is 0 Å². The topological polar surface area (TPSA) is 3.24 Å². The fourth-order valence-corrected chi connectivity index (χ4v) is 2.84. The van der Waals surface area contributed by atoms with Crippen molar-refractivity contribution in [2.45, 2.75) is 26.2 Å². The second-order valence-electron chi connectivity index (χ2n) is 5.40. The highest BCUT2D eigenvalue weighted by atomic mass is 15.1. The molecule has 0 spiro atoms. The van der Waals surface area contributed by atoms with Crippen LogP contribution in [0.5, 0.6) is 0 Å². The van der Waals surface area contributed by atoms with Crippen molar-refractivity contribution in [1.29, 1.82) is 0 Å². The summed E-state index contributed by atoms with van der Waals surface area (Å²) < 4.78 is 0. The Morgan fingerprint density at radius 3 is 2.74 bits per heavy atom. The lowest BCUT2D eigenvalue weighted by Gasteiger charge is -2.29. The molecule has 0 fully saturated rings. The summed E-state index contributed by atoms with van der Waals surface area (Å²) in [6.07, 6.45) is 12.9. The van der Waals surface area contributed by atoms with Crippen molar-refractivity contribution in [2.24, 2.45) is 0 Å². The quantitative estimate of drug-likeness (QED) is 0.752. The normalized spacial score (nSPS) is 19.1. The van der Waals surface area contributed by atoms with Crippen LogP contribution in [0, 0.1) is 6.92 Å². The molecule has 0 saturated carbocycles. The van der Waals surface area contributed by atoms with Gasteiger partial charge in [-0.05, 0) is 55.0 Å². The molecule has 1 aromatic carbocycles. The van der Waals surface area contributed by atoms with E-state index in [4.69, 9.17) is 0 Å². The average molecular weight is 251 g/mol. The molecular weight excluding hydrogens is 230 g/mol. The standard InChI is InChI=1S/C18H21N/c1-15-6-5-9-18(14-15)19-12-10-17(11-13-19)16-7-3-2-4-8-16/h3,5-10,14H,2,4,11-13H2,1H3. The van der Waals surface area contributed by atoms with Crippen LogP contribution >= 0.6 is 0 Å². The Kier molecular flexibility index (Phi) is 3.54. The molecule has 3 rings (SSSR count). The molecule has 0 radical (unpaired) electrons. The van der Waals surface area contributed by atoms with Crippen LogP contribution in [0.25, 0.3) is 0 Å². The molecule has 98 valence electrons. The second kappa shape index (κ2) is 5.48. The summed E-state index contributed by atoms with van der Waals surface area (Å²) in [4.78, 5) is 2.46. The molecule has 2 aliphatic rings. The lowest BCUT2D eigenvalue weighted by molar-refractivity contribution is 0.792. The number of hydrogen-bond acceptors (Lipinski definition) is 1. The van der Waals surface area contributed by atoms with E-state index in [1.807, 2.05) is 0 Å². The molecule has 0 atom stereocenters. The number of anilines is 1. The van der Waals surface area contributed by atoms with Gasteiger partial charge in [0, 0.05) is 18.8 Å². The van der Waals surface area contributed by atoms with E-state index in [-0.39, 0.29) is 0 Å². The molecule has 0 saturated heterocycles. The largest absolute Gasteiger partial charge is 0.367 e. The molecule has 1 nitrogen and oxygen atoms in total. The van der Waals surface area contributed by atoms with Crippen LogP contribution in [0.4, 0.5) is 5.69 Å². The summed E-state index contributed by atoms with van der Waals surface area (Å²) in [6.45, 7) is 4.32. The lowest BCUT2D eigenvalue weighted by Crippen LogP contribution is -2.28. The third kappa shape index (κ3) is 2.81. The second-order valence-corrected chi connectivity index (χ2v) is 5.40. The highest BCUT2D eigenvalue weighted by Gasteiger charge is 2.14. The Morgan fingerprint density at radius 2 is 2.05 bits per heavy atom. The Morgan fingerprint density at radius 1 is 1.11 bits per heavy atom. The molecule has 19 heavy (non-hydrogen) atoms. The van der Waals surface area contributed by atoms with Crippen molar-refractivity contribution < 1.29 is 0 Å². The van der Waals surface area contributed by atoms with Crippen molar-refractivity contribution >= 4 is 5.69 Å². The van der Waals surface area contributed by atoms with Gasteiger partial charge in [-0.1, -0.05) is 36.4 Å². The van der Waals surface area contributed by atoms with Gasteiger partial charge in [0.15, 0.2) is 0 Å². The molecule has 1 aliphatic carbocycles. The van der Waals surface area contributed by atoms with Crippen molar-refractivity contribution in [1.82, 2.24) is 0 Å². The summed E-state index contributed by atoms with van der Waals surface area (Å²) >= 11 is 0. The van der Waals surface area contributed by atoms with Crippen molar-refractivity contribution in [3.63, 3.8) is 0 Å². The number of benzene rings is 1. The average Bonchev–Trinajstić information content (AvgIpc) is 2.48. The third-order valence-corrected chi connectivity index (χ3v) is 3.94. The first kappa shape index (κ1) is 12.3. The first-order valence-electron chi connectivity index (χ1n) is 7.21. The maximum atomic E-state index is 2.46. The SMILES string of the molecule is Cc1cccc(N2CC=C(C3=CCCC=C3)CC2)c1. The molecular formula is C18H21N. The minimum atomic E-state index is 1.03. The number of rotatable bonds is 2. The zero-order chi connectivity index (χ0) is 13.1. The lowest BCUT2D eigenvalue weighted by atomic mass is 9.95. The fourth-order valence-electron chi connectivity index (χ4n) is 2.84. The van der Waals surface area contributed by atoms with E-state index in [0.29, 0.717) is 0 Å². The van der Waals surface area contributed by atoms with E-state index in [1.165, 1.54) is 35.2 Å². The summed E-state index contributed by atoms with van der Waals surface area (Å²) in [5.41, 5.74) is 5.67. The molecule has 1 aliphatic heterocycles.